The Morgan fingerprint density at radius 2 is 2.12 bits per heavy atom. The van der Waals surface area contributed by atoms with E-state index < -0.39 is 5.92 Å². The molecule has 0 spiro atoms. The number of furan rings is 1. The van der Waals surface area contributed by atoms with Gasteiger partial charge in [-0.25, -0.2) is 0 Å². The lowest BCUT2D eigenvalue weighted by Gasteiger charge is -2.38. The number of thioether (sulfide) groups is 1. The van der Waals surface area contributed by atoms with Crippen LogP contribution in [0.3, 0.4) is 0 Å². The summed E-state index contributed by atoms with van der Waals surface area (Å²) in [5.41, 5.74) is 3.43. The second-order valence-electron chi connectivity index (χ2n) is 8.97. The Kier molecular flexibility index (Phi) is 5.98. The average Bonchev–Trinajstić information content (AvgIpc) is 3.24. The van der Waals surface area contributed by atoms with E-state index in [0.717, 1.165) is 16.9 Å². The summed E-state index contributed by atoms with van der Waals surface area (Å²) in [5, 5.41) is 16.8. The minimum atomic E-state index is -0.558. The number of benzene rings is 1. The summed E-state index contributed by atoms with van der Waals surface area (Å²) < 4.78 is 5.63. The van der Waals surface area contributed by atoms with Gasteiger partial charge in [-0.15, -0.1) is 0 Å². The molecule has 0 saturated carbocycles. The molecule has 0 fully saturated rings. The third-order valence-corrected chi connectivity index (χ3v) is 6.62. The van der Waals surface area contributed by atoms with Gasteiger partial charge in [0.05, 0.1) is 34.6 Å². The molecule has 2 aliphatic rings. The van der Waals surface area contributed by atoms with Crippen molar-refractivity contribution >= 4 is 29.1 Å². The van der Waals surface area contributed by atoms with Crippen LogP contribution in [0.4, 0.5) is 5.69 Å². The number of hydrogen-bond donors (Lipinski definition) is 2. The summed E-state index contributed by atoms with van der Waals surface area (Å²) in [6.07, 6.45) is 2.65. The van der Waals surface area contributed by atoms with Crippen LogP contribution in [0.15, 0.2) is 69.0 Å². The molecule has 1 aromatic carbocycles. The molecule has 0 bridgehead atoms. The Morgan fingerprint density at radius 1 is 1.31 bits per heavy atom. The van der Waals surface area contributed by atoms with E-state index in [9.17, 15) is 14.9 Å². The standard InChI is InChI=1S/C25H25N3O3S/c1-15-6-4-7-16(10-15)27-21(30)14-32-24-17(13-26)22(20-8-5-9-31-20)23-18(28-24)11-25(2,3)12-19(23)29/h4-10,22,28H,11-12,14H2,1-3H3,(H,27,30)/t22-/m0/s1. The molecule has 6 nitrogen and oxygen atoms in total. The van der Waals surface area contributed by atoms with Crippen LogP contribution in [-0.2, 0) is 9.59 Å². The zero-order valence-corrected chi connectivity index (χ0v) is 19.1. The minimum absolute atomic E-state index is 0.0270. The Balaban J connectivity index is 1.61. The number of dihydropyridines is 1. The third kappa shape index (κ3) is 4.51. The van der Waals surface area contributed by atoms with Crippen molar-refractivity contribution < 1.29 is 14.0 Å². The van der Waals surface area contributed by atoms with Crippen LogP contribution in [0, 0.1) is 23.7 Å². The lowest BCUT2D eigenvalue weighted by Crippen LogP contribution is -2.37. The van der Waals surface area contributed by atoms with Crippen molar-refractivity contribution in [2.45, 2.75) is 39.5 Å². The van der Waals surface area contributed by atoms with E-state index >= 15 is 0 Å². The molecule has 1 atom stereocenters. The second kappa shape index (κ2) is 8.71. The fourth-order valence-electron chi connectivity index (χ4n) is 4.29. The fourth-order valence-corrected chi connectivity index (χ4v) is 5.15. The normalized spacial score (nSPS) is 19.8. The highest BCUT2D eigenvalue weighted by Gasteiger charge is 2.42. The first kappa shape index (κ1) is 22.0. The van der Waals surface area contributed by atoms with Crippen LogP contribution in [0.25, 0.3) is 0 Å². The summed E-state index contributed by atoms with van der Waals surface area (Å²) in [6.45, 7) is 6.08. The van der Waals surface area contributed by atoms with Crippen molar-refractivity contribution in [2.24, 2.45) is 5.41 Å². The number of nitrogens with one attached hydrogen (secondary N) is 2. The number of nitriles is 1. The number of Topliss-reactive ketones (excluding diaryl/α,β-unsaturated/α-hetero) is 1. The third-order valence-electron chi connectivity index (χ3n) is 5.60. The van der Waals surface area contributed by atoms with Crippen LogP contribution < -0.4 is 10.6 Å². The lowest BCUT2D eigenvalue weighted by atomic mass is 9.70. The van der Waals surface area contributed by atoms with Gasteiger partial charge in [-0.2, -0.15) is 5.26 Å². The lowest BCUT2D eigenvalue weighted by molar-refractivity contribution is -0.118. The zero-order chi connectivity index (χ0) is 22.9. The Bertz CT molecular complexity index is 1170. The van der Waals surface area contributed by atoms with Gasteiger partial charge in [0.2, 0.25) is 5.91 Å². The van der Waals surface area contributed by atoms with Gasteiger partial charge in [0.15, 0.2) is 5.78 Å². The minimum Gasteiger partial charge on any atom is -0.468 e. The number of ketones is 1. The van der Waals surface area contributed by atoms with Crippen molar-refractivity contribution in [2.75, 3.05) is 11.1 Å². The van der Waals surface area contributed by atoms with Gasteiger partial charge in [-0.3, -0.25) is 9.59 Å². The van der Waals surface area contributed by atoms with E-state index in [4.69, 9.17) is 4.42 Å². The number of aryl methyl sites for hydroxylation is 1. The molecule has 1 aliphatic carbocycles. The number of amides is 1. The van der Waals surface area contributed by atoms with E-state index in [1.807, 2.05) is 31.2 Å². The highest BCUT2D eigenvalue weighted by Crippen LogP contribution is 2.47. The van der Waals surface area contributed by atoms with E-state index in [2.05, 4.69) is 30.6 Å². The fraction of sp³-hybridized carbons (Fsp3) is 0.320. The Hall–Kier alpha value is -3.24. The van der Waals surface area contributed by atoms with E-state index in [-0.39, 0.29) is 22.9 Å². The smallest absolute Gasteiger partial charge is 0.234 e. The monoisotopic (exact) mass is 447 g/mol. The van der Waals surface area contributed by atoms with Gasteiger partial charge in [-0.1, -0.05) is 37.7 Å². The topological polar surface area (TPSA) is 95.1 Å². The second-order valence-corrected chi connectivity index (χ2v) is 9.95. The van der Waals surface area contributed by atoms with E-state index in [1.54, 1.807) is 18.4 Å². The molecule has 4 rings (SSSR count). The van der Waals surface area contributed by atoms with Gasteiger partial charge in [0.1, 0.15) is 5.76 Å². The Morgan fingerprint density at radius 3 is 2.81 bits per heavy atom. The first-order chi connectivity index (χ1) is 15.3. The summed E-state index contributed by atoms with van der Waals surface area (Å²) in [6, 6.07) is 13.4. The molecular weight excluding hydrogens is 422 g/mol. The predicted octanol–water partition coefficient (Wildman–Crippen LogP) is 5.03. The number of anilines is 1. The predicted molar refractivity (Wildman–Crippen MR) is 125 cm³/mol. The molecule has 7 heteroatoms. The number of nitrogens with zero attached hydrogens (tertiary/aromatic N) is 1. The number of allylic oxidation sites excluding steroid dienone is 3. The molecule has 1 aliphatic heterocycles. The molecule has 0 radical (unpaired) electrons. The number of carbonyl (C=O) groups is 2. The first-order valence-electron chi connectivity index (χ1n) is 10.5. The largest absolute Gasteiger partial charge is 0.468 e. The van der Waals surface area contributed by atoms with Crippen LogP contribution in [0.5, 0.6) is 0 Å². The molecule has 1 aromatic heterocycles. The molecule has 1 amide bonds. The van der Waals surface area contributed by atoms with Crippen LogP contribution >= 0.6 is 11.8 Å². The molecule has 164 valence electrons. The average molecular weight is 448 g/mol. The summed E-state index contributed by atoms with van der Waals surface area (Å²) in [5.74, 6) is -0.00413. The van der Waals surface area contributed by atoms with Gasteiger partial charge in [-0.05, 0) is 48.6 Å². The highest BCUT2D eigenvalue weighted by molar-refractivity contribution is 8.03. The van der Waals surface area contributed by atoms with Crippen molar-refractivity contribution in [1.82, 2.24) is 5.32 Å². The molecule has 32 heavy (non-hydrogen) atoms. The summed E-state index contributed by atoms with van der Waals surface area (Å²) >= 11 is 1.27. The molecule has 2 heterocycles. The highest BCUT2D eigenvalue weighted by atomic mass is 32.2. The van der Waals surface area contributed by atoms with E-state index in [0.29, 0.717) is 34.8 Å². The van der Waals surface area contributed by atoms with Crippen molar-refractivity contribution in [3.63, 3.8) is 0 Å². The van der Waals surface area contributed by atoms with Gasteiger partial charge >= 0.3 is 0 Å². The number of rotatable bonds is 5. The maximum atomic E-state index is 13.1. The SMILES string of the molecule is Cc1cccc(NC(=O)CSC2=C(C#N)[C@@H](c3ccco3)C3=C(CC(C)(C)CC3=O)N2)c1. The van der Waals surface area contributed by atoms with Crippen LogP contribution in [-0.4, -0.2) is 17.4 Å². The maximum absolute atomic E-state index is 13.1. The van der Waals surface area contributed by atoms with Crippen molar-refractivity contribution in [1.29, 1.82) is 5.26 Å². The van der Waals surface area contributed by atoms with Gasteiger partial charge in [0, 0.05) is 23.4 Å². The summed E-state index contributed by atoms with van der Waals surface area (Å²) in [4.78, 5) is 25.6. The maximum Gasteiger partial charge on any atom is 0.234 e. The first-order valence-corrected chi connectivity index (χ1v) is 11.5. The van der Waals surface area contributed by atoms with Crippen LogP contribution in [0.1, 0.15) is 43.9 Å². The quantitative estimate of drug-likeness (QED) is 0.668. The van der Waals surface area contributed by atoms with Crippen molar-refractivity contribution in [3.8, 4) is 6.07 Å². The molecular formula is C25H25N3O3S. The van der Waals surface area contributed by atoms with Gasteiger partial charge < -0.3 is 15.1 Å². The Labute approximate surface area is 191 Å². The number of hydrogen-bond acceptors (Lipinski definition) is 6. The molecule has 2 aromatic rings. The molecule has 2 N–H and O–H groups in total. The van der Waals surface area contributed by atoms with Crippen molar-refractivity contribution in [3.05, 3.63) is 75.9 Å². The van der Waals surface area contributed by atoms with E-state index in [1.165, 1.54) is 11.8 Å². The molecule has 0 unspecified atom stereocenters. The molecule has 0 saturated heterocycles. The van der Waals surface area contributed by atoms with Crippen LogP contribution in [0.2, 0.25) is 0 Å². The van der Waals surface area contributed by atoms with Gasteiger partial charge in [0.25, 0.3) is 0 Å². The zero-order valence-electron chi connectivity index (χ0n) is 18.3. The summed E-state index contributed by atoms with van der Waals surface area (Å²) in [7, 11) is 0. The number of carbonyl (C=O) groups excluding carboxylic acids is 2.